The van der Waals surface area contributed by atoms with Gasteiger partial charge in [0.1, 0.15) is 5.82 Å². The number of likely N-dealkylation sites (tertiary alicyclic amines) is 1. The first kappa shape index (κ1) is 17.4. The van der Waals surface area contributed by atoms with Gasteiger partial charge in [0.2, 0.25) is 11.7 Å². The van der Waals surface area contributed by atoms with Crippen LogP contribution in [0.15, 0.2) is 28.8 Å². The number of benzene rings is 1. The van der Waals surface area contributed by atoms with Gasteiger partial charge in [0.15, 0.2) is 0 Å². The van der Waals surface area contributed by atoms with E-state index in [0.717, 1.165) is 12.8 Å². The number of imide groups is 1. The van der Waals surface area contributed by atoms with Crippen LogP contribution in [0.4, 0.5) is 14.0 Å². The summed E-state index contributed by atoms with van der Waals surface area (Å²) in [4.78, 5) is 31.5. The van der Waals surface area contributed by atoms with Crippen molar-refractivity contribution in [1.82, 2.24) is 25.3 Å². The van der Waals surface area contributed by atoms with Crippen molar-refractivity contribution >= 4 is 12.1 Å². The number of rotatable bonds is 3. The van der Waals surface area contributed by atoms with E-state index in [4.69, 9.17) is 4.52 Å². The van der Waals surface area contributed by atoms with Gasteiger partial charge in [-0.3, -0.25) is 0 Å². The number of aromatic nitrogens is 2. The van der Waals surface area contributed by atoms with Crippen molar-refractivity contribution < 1.29 is 18.5 Å². The minimum absolute atomic E-state index is 0.155. The normalized spacial score (nSPS) is 20.0. The highest BCUT2D eigenvalue weighted by Crippen LogP contribution is 2.24. The molecule has 0 aliphatic carbocycles. The largest absolute Gasteiger partial charge is 0.339 e. The fourth-order valence-corrected chi connectivity index (χ4v) is 3.57. The molecule has 142 valence electrons. The minimum Gasteiger partial charge on any atom is -0.339 e. The Labute approximate surface area is 155 Å². The number of halogens is 1. The Kier molecular flexibility index (Phi) is 4.74. The number of hydrogen-bond acceptors (Lipinski definition) is 5. The molecule has 0 bridgehead atoms. The van der Waals surface area contributed by atoms with Gasteiger partial charge in [0.25, 0.3) is 0 Å². The van der Waals surface area contributed by atoms with E-state index in [0.29, 0.717) is 44.1 Å². The number of carbonyl (C=O) groups excluding carboxylic acids is 2. The van der Waals surface area contributed by atoms with E-state index in [2.05, 4.69) is 15.5 Å². The topological polar surface area (TPSA) is 91.6 Å². The minimum atomic E-state index is -0.400. The molecule has 0 saturated carbocycles. The van der Waals surface area contributed by atoms with E-state index in [1.165, 1.54) is 11.0 Å². The highest BCUT2D eigenvalue weighted by atomic mass is 19.1. The van der Waals surface area contributed by atoms with Crippen LogP contribution in [-0.4, -0.2) is 58.2 Å². The summed E-state index contributed by atoms with van der Waals surface area (Å²) in [6, 6.07) is 5.68. The van der Waals surface area contributed by atoms with E-state index >= 15 is 0 Å². The summed E-state index contributed by atoms with van der Waals surface area (Å²) in [5.74, 6) is 0.400. The summed E-state index contributed by atoms with van der Waals surface area (Å²) in [6.45, 7) is 2.04. The van der Waals surface area contributed by atoms with E-state index in [-0.39, 0.29) is 23.8 Å². The van der Waals surface area contributed by atoms with E-state index < -0.39 is 5.82 Å². The predicted octanol–water partition coefficient (Wildman–Crippen LogP) is 2.28. The van der Waals surface area contributed by atoms with Crippen LogP contribution in [0.5, 0.6) is 0 Å². The summed E-state index contributed by atoms with van der Waals surface area (Å²) >= 11 is 0. The zero-order valence-corrected chi connectivity index (χ0v) is 14.7. The van der Waals surface area contributed by atoms with Crippen molar-refractivity contribution in [3.63, 3.8) is 0 Å². The first-order valence-corrected chi connectivity index (χ1v) is 9.03. The Hall–Kier alpha value is -2.97. The summed E-state index contributed by atoms with van der Waals surface area (Å²) < 4.78 is 19.1. The molecule has 8 nitrogen and oxygen atoms in total. The van der Waals surface area contributed by atoms with Gasteiger partial charge in [-0.25, -0.2) is 18.9 Å². The van der Waals surface area contributed by atoms with Crippen LogP contribution >= 0.6 is 0 Å². The van der Waals surface area contributed by atoms with Gasteiger partial charge in [-0.2, -0.15) is 4.98 Å². The fraction of sp³-hybridized carbons (Fsp3) is 0.444. The third-order valence-electron chi connectivity index (χ3n) is 4.92. The second-order valence-electron chi connectivity index (χ2n) is 6.82. The third kappa shape index (κ3) is 3.62. The molecule has 27 heavy (non-hydrogen) atoms. The van der Waals surface area contributed by atoms with Crippen LogP contribution in [0.3, 0.4) is 0 Å². The Bertz CT molecular complexity index is 855. The molecule has 2 saturated heterocycles. The number of carbonyl (C=O) groups is 2. The van der Waals surface area contributed by atoms with Crippen molar-refractivity contribution in [2.45, 2.75) is 19.3 Å². The molecular weight excluding hydrogens is 353 g/mol. The monoisotopic (exact) mass is 373 g/mol. The third-order valence-corrected chi connectivity index (χ3v) is 4.92. The number of piperidine rings is 1. The average Bonchev–Trinajstić information content (AvgIpc) is 3.31. The number of hydrogen-bond donors (Lipinski definition) is 1. The van der Waals surface area contributed by atoms with Crippen LogP contribution in [0.25, 0.3) is 11.4 Å². The molecule has 1 atom stereocenters. The first-order chi connectivity index (χ1) is 13.1. The molecule has 4 amide bonds. The average molecular weight is 373 g/mol. The lowest BCUT2D eigenvalue weighted by molar-refractivity contribution is 0.137. The van der Waals surface area contributed by atoms with Gasteiger partial charge < -0.3 is 14.7 Å². The molecule has 2 aliphatic rings. The van der Waals surface area contributed by atoms with Crippen molar-refractivity contribution in [1.29, 1.82) is 0 Å². The van der Waals surface area contributed by atoms with Crippen molar-refractivity contribution in [2.24, 2.45) is 5.92 Å². The lowest BCUT2D eigenvalue weighted by atomic mass is 9.95. The molecule has 2 aromatic rings. The smallest absolute Gasteiger partial charge is 0.328 e. The second kappa shape index (κ2) is 7.34. The zero-order chi connectivity index (χ0) is 18.8. The maximum atomic E-state index is 13.9. The number of nitrogens with one attached hydrogen (secondary N) is 1. The molecule has 2 aliphatic heterocycles. The molecule has 2 fully saturated rings. The second-order valence-corrected chi connectivity index (χ2v) is 6.82. The highest BCUT2D eigenvalue weighted by molar-refractivity contribution is 5.95. The fourth-order valence-electron chi connectivity index (χ4n) is 3.57. The molecule has 3 heterocycles. The van der Waals surface area contributed by atoms with Crippen molar-refractivity contribution in [3.05, 3.63) is 36.0 Å². The van der Waals surface area contributed by atoms with Gasteiger partial charge in [-0.1, -0.05) is 17.3 Å². The van der Waals surface area contributed by atoms with Gasteiger partial charge in [0.05, 0.1) is 5.56 Å². The molecule has 4 rings (SSSR count). The maximum absolute atomic E-state index is 13.9. The molecule has 1 aromatic carbocycles. The summed E-state index contributed by atoms with van der Waals surface area (Å²) in [5.41, 5.74) is 0.299. The van der Waals surface area contributed by atoms with Crippen molar-refractivity contribution in [3.8, 4) is 11.4 Å². The zero-order valence-electron chi connectivity index (χ0n) is 14.7. The molecule has 1 N–H and O–H groups in total. The Morgan fingerprint density at radius 3 is 2.96 bits per heavy atom. The molecule has 1 aromatic heterocycles. The Balaban J connectivity index is 1.40. The SMILES string of the molecule is O=C1NCCN1C(=O)N1CCCC(Cc2nc(-c3ccccc3F)no2)C1. The van der Waals surface area contributed by atoms with Crippen LogP contribution in [-0.2, 0) is 6.42 Å². The first-order valence-electron chi connectivity index (χ1n) is 9.03. The highest BCUT2D eigenvalue weighted by Gasteiger charge is 2.33. The quantitative estimate of drug-likeness (QED) is 0.891. The van der Waals surface area contributed by atoms with Crippen LogP contribution < -0.4 is 5.32 Å². The summed E-state index contributed by atoms with van der Waals surface area (Å²) in [7, 11) is 0. The van der Waals surface area contributed by atoms with Gasteiger partial charge in [0, 0.05) is 32.6 Å². The molecular formula is C18H20FN5O3. The summed E-state index contributed by atoms with van der Waals surface area (Å²) in [6.07, 6.45) is 2.28. The van der Waals surface area contributed by atoms with E-state index in [9.17, 15) is 14.0 Å². The Morgan fingerprint density at radius 2 is 2.19 bits per heavy atom. The predicted molar refractivity (Wildman–Crippen MR) is 93.2 cm³/mol. The molecule has 0 radical (unpaired) electrons. The van der Waals surface area contributed by atoms with Crippen molar-refractivity contribution in [2.75, 3.05) is 26.2 Å². The van der Waals surface area contributed by atoms with E-state index in [1.807, 2.05) is 0 Å². The molecule has 9 heteroatoms. The lowest BCUT2D eigenvalue weighted by Gasteiger charge is -2.33. The van der Waals surface area contributed by atoms with Crippen LogP contribution in [0.1, 0.15) is 18.7 Å². The van der Waals surface area contributed by atoms with Gasteiger partial charge >= 0.3 is 12.1 Å². The Morgan fingerprint density at radius 1 is 1.33 bits per heavy atom. The standard InChI is InChI=1S/C18H20FN5O3/c19-14-6-2-1-5-13(14)16-21-15(27-22-16)10-12-4-3-8-23(11-12)18(26)24-9-7-20-17(24)25/h1-2,5-6,12H,3-4,7-11H2,(H,20,25). The maximum Gasteiger partial charge on any atom is 0.328 e. The van der Waals surface area contributed by atoms with Gasteiger partial charge in [-0.15, -0.1) is 0 Å². The van der Waals surface area contributed by atoms with Crippen LogP contribution in [0.2, 0.25) is 0 Å². The number of nitrogens with zero attached hydrogens (tertiary/aromatic N) is 4. The summed E-state index contributed by atoms with van der Waals surface area (Å²) in [5, 5.41) is 6.51. The van der Waals surface area contributed by atoms with Crippen LogP contribution in [0, 0.1) is 11.7 Å². The number of amides is 4. The number of urea groups is 2. The molecule has 1 unspecified atom stereocenters. The molecule has 0 spiro atoms. The lowest BCUT2D eigenvalue weighted by Crippen LogP contribution is -2.48. The van der Waals surface area contributed by atoms with Gasteiger partial charge in [-0.05, 0) is 30.9 Å². The van der Waals surface area contributed by atoms with E-state index in [1.54, 1.807) is 23.1 Å².